The van der Waals surface area contributed by atoms with Gasteiger partial charge in [0.1, 0.15) is 18.7 Å². The van der Waals surface area contributed by atoms with E-state index < -0.39 is 36.3 Å². The first-order valence-electron chi connectivity index (χ1n) is 9.58. The number of carbonyl (C=O) groups excluding carboxylic acids is 2. The average molecular weight is 443 g/mol. The Balaban J connectivity index is 2.57. The molecule has 0 aliphatic carbocycles. The number of thiol groups is 1. The smallest absolute Gasteiger partial charge is 0.408 e. The molecule has 0 bridgehead atoms. The fourth-order valence-corrected chi connectivity index (χ4v) is 2.91. The minimum atomic E-state index is -1.16. The molecule has 0 aliphatic heterocycles. The van der Waals surface area contributed by atoms with Crippen LogP contribution in [0.2, 0.25) is 0 Å². The van der Waals surface area contributed by atoms with E-state index in [9.17, 15) is 19.5 Å². The highest BCUT2D eigenvalue weighted by molar-refractivity contribution is 7.80. The van der Waals surface area contributed by atoms with Crippen molar-refractivity contribution in [3.8, 4) is 0 Å². The van der Waals surface area contributed by atoms with Gasteiger partial charge in [0.2, 0.25) is 5.91 Å². The van der Waals surface area contributed by atoms with E-state index in [1.807, 2.05) is 18.2 Å². The van der Waals surface area contributed by atoms with Gasteiger partial charge >= 0.3 is 12.1 Å². The minimum absolute atomic E-state index is 0.0554. The van der Waals surface area contributed by atoms with Gasteiger partial charge in [-0.15, -0.1) is 0 Å². The van der Waals surface area contributed by atoms with Crippen molar-refractivity contribution in [2.45, 2.75) is 50.7 Å². The number of carbonyl (C=O) groups is 3. The van der Waals surface area contributed by atoms with Crippen LogP contribution in [-0.4, -0.2) is 61.4 Å². The van der Waals surface area contributed by atoms with Crippen LogP contribution in [0.15, 0.2) is 30.3 Å². The Bertz CT molecular complexity index is 656. The van der Waals surface area contributed by atoms with Crippen molar-refractivity contribution in [2.24, 2.45) is 0 Å². The molecule has 0 unspecified atom stereocenters. The van der Waals surface area contributed by atoms with Gasteiger partial charge in [-0.25, -0.2) is 9.59 Å². The molecule has 2 atom stereocenters. The highest BCUT2D eigenvalue weighted by Gasteiger charge is 2.26. The Morgan fingerprint density at radius 2 is 1.67 bits per heavy atom. The average Bonchev–Trinajstić information content (AvgIpc) is 2.74. The van der Waals surface area contributed by atoms with Crippen LogP contribution < -0.4 is 10.6 Å². The van der Waals surface area contributed by atoms with Gasteiger partial charge in [-0.3, -0.25) is 4.79 Å². The molecule has 0 fully saturated rings. The maximum Gasteiger partial charge on any atom is 0.408 e. The summed E-state index contributed by atoms with van der Waals surface area (Å²) < 4.78 is 15.3. The first-order chi connectivity index (χ1) is 14.4. The summed E-state index contributed by atoms with van der Waals surface area (Å²) in [4.78, 5) is 36.1. The Morgan fingerprint density at radius 1 is 1.00 bits per heavy atom. The molecular weight excluding hydrogens is 412 g/mol. The quantitative estimate of drug-likeness (QED) is 0.257. The van der Waals surface area contributed by atoms with Gasteiger partial charge in [-0.2, -0.15) is 12.6 Å². The van der Waals surface area contributed by atoms with E-state index in [4.69, 9.17) is 14.2 Å². The van der Waals surface area contributed by atoms with Gasteiger partial charge < -0.3 is 30.0 Å². The summed E-state index contributed by atoms with van der Waals surface area (Å²) in [5.74, 6) is -1.45. The topological polar surface area (TPSA) is 123 Å². The monoisotopic (exact) mass is 442 g/mol. The summed E-state index contributed by atoms with van der Waals surface area (Å²) in [6.07, 6.45) is 0.154. The van der Waals surface area contributed by atoms with Crippen molar-refractivity contribution in [1.82, 2.24) is 10.6 Å². The lowest BCUT2D eigenvalue weighted by Crippen LogP contribution is -2.51. The normalized spacial score (nSPS) is 12.8. The van der Waals surface area contributed by atoms with E-state index in [2.05, 4.69) is 23.3 Å². The highest BCUT2D eigenvalue weighted by atomic mass is 32.1. The Labute approximate surface area is 181 Å². The van der Waals surface area contributed by atoms with Gasteiger partial charge in [0, 0.05) is 14.2 Å². The molecule has 0 saturated heterocycles. The van der Waals surface area contributed by atoms with E-state index >= 15 is 0 Å². The zero-order valence-corrected chi connectivity index (χ0v) is 18.1. The number of nitrogens with one attached hydrogen (secondary N) is 2. The number of carboxylic acids is 1. The molecular formula is C20H30N2O7S. The minimum Gasteiger partial charge on any atom is -0.480 e. The molecule has 0 aliphatic rings. The van der Waals surface area contributed by atoms with Crippen molar-refractivity contribution in [2.75, 3.05) is 20.0 Å². The van der Waals surface area contributed by atoms with E-state index in [0.29, 0.717) is 18.6 Å². The lowest BCUT2D eigenvalue weighted by atomic mass is 10.1. The number of rotatable bonds is 14. The van der Waals surface area contributed by atoms with Crippen LogP contribution >= 0.6 is 12.6 Å². The second kappa shape index (κ2) is 14.6. The molecule has 1 aromatic carbocycles. The van der Waals surface area contributed by atoms with Crippen molar-refractivity contribution < 1.29 is 33.7 Å². The largest absolute Gasteiger partial charge is 0.480 e. The van der Waals surface area contributed by atoms with Crippen LogP contribution in [0.3, 0.4) is 0 Å². The number of alkyl carbamates (subject to hydrolysis) is 1. The number of carboxylic acid groups (broad SMARTS) is 1. The number of benzene rings is 1. The van der Waals surface area contributed by atoms with Crippen molar-refractivity contribution in [3.63, 3.8) is 0 Å². The van der Waals surface area contributed by atoms with Gasteiger partial charge in [-0.1, -0.05) is 30.3 Å². The summed E-state index contributed by atoms with van der Waals surface area (Å²) in [5.41, 5.74) is 0.805. The molecule has 10 heteroatoms. The summed E-state index contributed by atoms with van der Waals surface area (Å²) in [7, 11) is 2.99. The van der Waals surface area contributed by atoms with Gasteiger partial charge in [0.05, 0.1) is 0 Å². The Kier molecular flexibility index (Phi) is 12.6. The molecule has 3 N–H and O–H groups in total. The molecule has 168 valence electrons. The third-order valence-corrected chi connectivity index (χ3v) is 4.57. The Hall–Kier alpha value is -2.30. The van der Waals surface area contributed by atoms with Crippen LogP contribution in [0.5, 0.6) is 0 Å². The second-order valence-corrected chi connectivity index (χ2v) is 6.95. The number of ether oxygens (including phenoxy) is 3. The molecule has 0 spiro atoms. The number of hydrogen-bond acceptors (Lipinski definition) is 7. The summed E-state index contributed by atoms with van der Waals surface area (Å²) in [6, 6.07) is 7.04. The molecule has 2 amide bonds. The Morgan fingerprint density at radius 3 is 2.23 bits per heavy atom. The third-order valence-electron chi connectivity index (χ3n) is 4.31. The second-order valence-electron chi connectivity index (χ2n) is 6.50. The predicted molar refractivity (Wildman–Crippen MR) is 113 cm³/mol. The number of methoxy groups -OCH3 is 2. The zero-order valence-electron chi connectivity index (χ0n) is 17.2. The summed E-state index contributed by atoms with van der Waals surface area (Å²) in [5, 5.41) is 14.3. The van der Waals surface area contributed by atoms with Crippen molar-refractivity contribution in [3.05, 3.63) is 35.9 Å². The molecule has 0 radical (unpaired) electrons. The predicted octanol–water partition coefficient (Wildman–Crippen LogP) is 1.96. The summed E-state index contributed by atoms with van der Waals surface area (Å²) in [6.45, 7) is 0.0554. The first-order valence-corrected chi connectivity index (χ1v) is 10.2. The van der Waals surface area contributed by atoms with Crippen LogP contribution in [0.25, 0.3) is 0 Å². The van der Waals surface area contributed by atoms with Gasteiger partial charge in [0.25, 0.3) is 0 Å². The lowest BCUT2D eigenvalue weighted by Gasteiger charge is -2.21. The molecule has 9 nitrogen and oxygen atoms in total. The van der Waals surface area contributed by atoms with E-state index in [0.717, 1.165) is 5.56 Å². The first kappa shape index (κ1) is 25.7. The zero-order chi connectivity index (χ0) is 22.4. The van der Waals surface area contributed by atoms with Gasteiger partial charge in [0.15, 0.2) is 6.29 Å². The molecule has 0 aromatic heterocycles. The number of amides is 2. The van der Waals surface area contributed by atoms with Crippen molar-refractivity contribution in [1.29, 1.82) is 0 Å². The molecule has 1 rings (SSSR count). The van der Waals surface area contributed by atoms with Gasteiger partial charge in [-0.05, 0) is 37.0 Å². The SMILES string of the molecule is COC(CCC[C@@H](NC(=O)[C@H](CCS)NC(=O)OCc1ccccc1)C(=O)O)OC. The fourth-order valence-electron chi connectivity index (χ4n) is 2.66. The van der Waals surface area contributed by atoms with Crippen LogP contribution in [0, 0.1) is 0 Å². The maximum absolute atomic E-state index is 12.5. The molecule has 0 saturated carbocycles. The lowest BCUT2D eigenvalue weighted by molar-refractivity contribution is -0.142. The maximum atomic E-state index is 12.5. The van der Waals surface area contributed by atoms with Crippen LogP contribution in [-0.2, 0) is 30.4 Å². The molecule has 0 heterocycles. The van der Waals surface area contributed by atoms with Crippen molar-refractivity contribution >= 4 is 30.6 Å². The van der Waals surface area contributed by atoms with E-state index in [1.165, 1.54) is 14.2 Å². The van der Waals surface area contributed by atoms with Crippen LogP contribution in [0.1, 0.15) is 31.2 Å². The number of aliphatic carboxylic acids is 1. The fraction of sp³-hybridized carbons (Fsp3) is 0.550. The molecule has 1 aromatic rings. The molecule has 30 heavy (non-hydrogen) atoms. The summed E-state index contributed by atoms with van der Waals surface area (Å²) >= 11 is 4.10. The third kappa shape index (κ3) is 9.95. The number of hydrogen-bond donors (Lipinski definition) is 4. The van der Waals surface area contributed by atoms with E-state index in [1.54, 1.807) is 12.1 Å². The highest BCUT2D eigenvalue weighted by Crippen LogP contribution is 2.09. The van der Waals surface area contributed by atoms with E-state index in [-0.39, 0.29) is 19.4 Å². The van der Waals surface area contributed by atoms with Crippen LogP contribution in [0.4, 0.5) is 4.79 Å². The standard InChI is InChI=1S/C20H30N2O7S/c1-27-17(28-2)10-6-9-16(19(24)25)21-18(23)15(11-12-30)22-20(26)29-13-14-7-4-3-5-8-14/h3-5,7-8,15-17,30H,6,9-13H2,1-2H3,(H,21,23)(H,22,26)(H,24,25)/t15-,16+/m0/s1.